The molecule has 4 nitrogen and oxygen atoms in total. The Bertz CT molecular complexity index is 669. The van der Waals surface area contributed by atoms with Crippen LogP contribution >= 0.6 is 0 Å². The fourth-order valence-corrected chi connectivity index (χ4v) is 1.99. The Morgan fingerprint density at radius 2 is 1.70 bits per heavy atom. The van der Waals surface area contributed by atoms with E-state index in [9.17, 15) is 9.59 Å². The zero-order valence-electron chi connectivity index (χ0n) is 10.6. The molecule has 0 radical (unpaired) electrons. The van der Waals surface area contributed by atoms with Gasteiger partial charge in [0.25, 0.3) is 0 Å². The molecule has 0 saturated heterocycles. The first-order chi connectivity index (χ1) is 9.74. The van der Waals surface area contributed by atoms with E-state index in [1.54, 1.807) is 23.5 Å². The zero-order chi connectivity index (χ0) is 13.9. The van der Waals surface area contributed by atoms with Crippen LogP contribution in [0.1, 0.15) is 0 Å². The molecule has 3 rings (SSSR count). The average molecular weight is 263 g/mol. The fourth-order valence-electron chi connectivity index (χ4n) is 1.99. The van der Waals surface area contributed by atoms with Gasteiger partial charge in [0.2, 0.25) is 5.78 Å². The molecular weight excluding hydrogens is 252 g/mol. The number of allylic oxidation sites excluding steroid dienone is 9. The van der Waals surface area contributed by atoms with Crippen molar-refractivity contribution in [3.05, 3.63) is 89.5 Å². The predicted octanol–water partition coefficient (Wildman–Crippen LogP) is 2.63. The number of carbonyl (C=O) groups excluding carboxylic acids is 2. The molecule has 0 aromatic carbocycles. The molecule has 0 aromatic heterocycles. The second kappa shape index (κ2) is 5.01. The minimum atomic E-state index is -0.180. The summed E-state index contributed by atoms with van der Waals surface area (Å²) < 4.78 is 0. The third-order valence-electron chi connectivity index (χ3n) is 3.00. The maximum Gasteiger partial charge on any atom is 0.202 e. The van der Waals surface area contributed by atoms with Gasteiger partial charge in [-0.1, -0.05) is 18.2 Å². The van der Waals surface area contributed by atoms with E-state index in [2.05, 4.69) is 5.32 Å². The number of rotatable bonds is 1. The molecule has 2 heterocycles. The van der Waals surface area contributed by atoms with E-state index in [4.69, 9.17) is 0 Å². The van der Waals surface area contributed by atoms with Gasteiger partial charge in [-0.15, -0.1) is 5.70 Å². The van der Waals surface area contributed by atoms with Crippen LogP contribution in [0.5, 0.6) is 0 Å². The lowest BCUT2D eigenvalue weighted by atomic mass is 10.1. The van der Waals surface area contributed by atoms with Crippen molar-refractivity contribution >= 4 is 11.6 Å². The van der Waals surface area contributed by atoms with Gasteiger partial charge >= 0.3 is 0 Å². The lowest BCUT2D eigenvalue weighted by molar-refractivity contribution is -0.115. The molecule has 4 heteroatoms. The highest BCUT2D eigenvalue weighted by atomic mass is 16.1. The Balaban J connectivity index is 1.83. The van der Waals surface area contributed by atoms with Crippen LogP contribution in [0.25, 0.3) is 5.32 Å². The number of ketones is 2. The van der Waals surface area contributed by atoms with E-state index in [1.165, 1.54) is 18.2 Å². The standard InChI is InChI=1S/C16H11N2O2/c19-13-4-5-16(20)15(11-13)18-9-6-12(7-10-18)14-3-1-2-8-17-14/h1-11H/q-1. The lowest BCUT2D eigenvalue weighted by Gasteiger charge is -2.26. The van der Waals surface area contributed by atoms with Gasteiger partial charge in [0.1, 0.15) is 0 Å². The average Bonchev–Trinajstić information content (AvgIpc) is 2.51. The molecule has 3 aliphatic rings. The predicted molar refractivity (Wildman–Crippen MR) is 76.0 cm³/mol. The molecule has 2 aliphatic heterocycles. The maximum atomic E-state index is 11.8. The molecule has 0 atom stereocenters. The van der Waals surface area contributed by atoms with Crippen LogP contribution in [0.3, 0.4) is 0 Å². The topological polar surface area (TPSA) is 51.5 Å². The minimum Gasteiger partial charge on any atom is -0.664 e. The maximum absolute atomic E-state index is 11.8. The van der Waals surface area contributed by atoms with E-state index in [1.807, 2.05) is 30.4 Å². The smallest absolute Gasteiger partial charge is 0.202 e. The molecule has 0 saturated carbocycles. The molecule has 0 fully saturated rings. The quantitative estimate of drug-likeness (QED) is 0.683. The highest BCUT2D eigenvalue weighted by Crippen LogP contribution is 2.24. The Morgan fingerprint density at radius 1 is 0.900 bits per heavy atom. The first-order valence-electron chi connectivity index (χ1n) is 6.15. The molecule has 1 aliphatic carbocycles. The molecule has 0 aromatic rings. The summed E-state index contributed by atoms with van der Waals surface area (Å²) in [6.07, 6.45) is 18.5. The van der Waals surface area contributed by atoms with Crippen LogP contribution in [0.4, 0.5) is 0 Å². The van der Waals surface area contributed by atoms with E-state index in [0.717, 1.165) is 11.3 Å². The molecule has 0 spiro atoms. The summed E-state index contributed by atoms with van der Waals surface area (Å²) in [4.78, 5) is 24.7. The second-order valence-corrected chi connectivity index (χ2v) is 4.34. The number of nitrogens with zero attached hydrogens (tertiary/aromatic N) is 2. The van der Waals surface area contributed by atoms with E-state index < -0.39 is 0 Å². The third-order valence-corrected chi connectivity index (χ3v) is 3.00. The molecule has 0 bridgehead atoms. The summed E-state index contributed by atoms with van der Waals surface area (Å²) in [6.45, 7) is 0. The Labute approximate surface area is 116 Å². The third kappa shape index (κ3) is 2.31. The largest absolute Gasteiger partial charge is 0.664 e. The van der Waals surface area contributed by atoms with Gasteiger partial charge in [-0.3, -0.25) is 9.59 Å². The molecule has 0 N–H and O–H groups in total. The van der Waals surface area contributed by atoms with Crippen LogP contribution < -0.4 is 0 Å². The number of hydrogen-bond acceptors (Lipinski definition) is 3. The summed E-state index contributed by atoms with van der Waals surface area (Å²) >= 11 is 0. The van der Waals surface area contributed by atoms with Gasteiger partial charge in [0.15, 0.2) is 5.78 Å². The summed E-state index contributed by atoms with van der Waals surface area (Å²) in [5, 5.41) is 4.26. The molecule has 20 heavy (non-hydrogen) atoms. The second-order valence-electron chi connectivity index (χ2n) is 4.34. The molecule has 0 amide bonds. The van der Waals surface area contributed by atoms with Crippen molar-refractivity contribution in [1.82, 2.24) is 4.90 Å². The number of hydrogen-bond donors (Lipinski definition) is 0. The molecular formula is C16H11N2O2-. The van der Waals surface area contributed by atoms with Crippen molar-refractivity contribution in [3.63, 3.8) is 0 Å². The first-order valence-corrected chi connectivity index (χ1v) is 6.15. The highest BCUT2D eigenvalue weighted by Gasteiger charge is 2.18. The summed E-state index contributed by atoms with van der Waals surface area (Å²) in [5.41, 5.74) is 2.16. The summed E-state index contributed by atoms with van der Waals surface area (Å²) in [5.74, 6) is -0.360. The first kappa shape index (κ1) is 12.2. The van der Waals surface area contributed by atoms with Gasteiger partial charge in [-0.25, -0.2) is 0 Å². The normalized spacial score (nSPS) is 20.6. The van der Waals surface area contributed by atoms with Crippen molar-refractivity contribution in [2.24, 2.45) is 0 Å². The van der Waals surface area contributed by atoms with Gasteiger partial charge in [0.05, 0.1) is 5.70 Å². The minimum absolute atomic E-state index is 0.180. The van der Waals surface area contributed by atoms with Crippen molar-refractivity contribution in [2.75, 3.05) is 0 Å². The van der Waals surface area contributed by atoms with Crippen LogP contribution in [0, 0.1) is 0 Å². The SMILES string of the molecule is O=C1C=CC(=O)C(N2C=CC(=C3C=CC=C[N-]3)C=C2)=C1. The molecule has 0 unspecified atom stereocenters. The van der Waals surface area contributed by atoms with Crippen LogP contribution in [0.15, 0.2) is 84.2 Å². The van der Waals surface area contributed by atoms with Crippen molar-refractivity contribution in [3.8, 4) is 0 Å². The van der Waals surface area contributed by atoms with Crippen molar-refractivity contribution < 1.29 is 9.59 Å². The van der Waals surface area contributed by atoms with Crippen molar-refractivity contribution in [1.29, 1.82) is 0 Å². The Morgan fingerprint density at radius 3 is 2.40 bits per heavy atom. The lowest BCUT2D eigenvalue weighted by Crippen LogP contribution is -2.21. The highest BCUT2D eigenvalue weighted by molar-refractivity contribution is 6.17. The van der Waals surface area contributed by atoms with E-state index >= 15 is 0 Å². The number of carbonyl (C=O) groups is 2. The van der Waals surface area contributed by atoms with Gasteiger partial charge < -0.3 is 10.2 Å². The summed E-state index contributed by atoms with van der Waals surface area (Å²) in [6, 6.07) is 0. The van der Waals surface area contributed by atoms with Crippen LogP contribution in [0.2, 0.25) is 0 Å². The summed E-state index contributed by atoms with van der Waals surface area (Å²) in [7, 11) is 0. The Hall–Kier alpha value is -2.88. The van der Waals surface area contributed by atoms with Crippen LogP contribution in [-0.4, -0.2) is 16.5 Å². The fraction of sp³-hybridized carbons (Fsp3) is 0. The van der Waals surface area contributed by atoms with E-state index in [0.29, 0.717) is 5.70 Å². The van der Waals surface area contributed by atoms with Crippen LogP contribution in [-0.2, 0) is 9.59 Å². The van der Waals surface area contributed by atoms with Crippen molar-refractivity contribution in [2.45, 2.75) is 0 Å². The monoisotopic (exact) mass is 263 g/mol. The van der Waals surface area contributed by atoms with Gasteiger partial charge in [-0.2, -0.15) is 6.20 Å². The van der Waals surface area contributed by atoms with Gasteiger partial charge in [-0.05, 0) is 29.9 Å². The van der Waals surface area contributed by atoms with E-state index in [-0.39, 0.29) is 11.6 Å². The zero-order valence-corrected chi connectivity index (χ0v) is 10.6. The van der Waals surface area contributed by atoms with Gasteiger partial charge in [0, 0.05) is 18.5 Å². The molecule has 98 valence electrons. The Kier molecular flexibility index (Phi) is 3.05.